The maximum absolute atomic E-state index is 13.2. The van der Waals surface area contributed by atoms with Gasteiger partial charge in [0.2, 0.25) is 15.9 Å². The highest BCUT2D eigenvalue weighted by molar-refractivity contribution is 7.88. The molecule has 3 saturated heterocycles. The molecule has 38 heavy (non-hydrogen) atoms. The Morgan fingerprint density at radius 2 is 1.76 bits per heavy atom. The number of ether oxygens (including phenoxy) is 2. The fourth-order valence-electron chi connectivity index (χ4n) is 5.71. The number of rotatable bonds is 7. The Kier molecular flexibility index (Phi) is 7.00. The number of amides is 2. The van der Waals surface area contributed by atoms with E-state index in [2.05, 4.69) is 0 Å². The van der Waals surface area contributed by atoms with Gasteiger partial charge >= 0.3 is 0 Å². The van der Waals surface area contributed by atoms with Gasteiger partial charge in [0, 0.05) is 39.2 Å². The Morgan fingerprint density at radius 3 is 2.42 bits per heavy atom. The standard InChI is InChI=1S/C28H35N3O6S/c1-19-8-9-20(2)24(12-19)27(33)29-14-25(36-4)26(15-29)37-23-7-5-6-22(13-23)16-38(34,35)31-11-10-28(31)17-30(18-28)21(3)32/h5-9,12-13,25-26H,10-11,14-18H2,1-4H3. The van der Waals surface area contributed by atoms with Crippen molar-refractivity contribution in [2.24, 2.45) is 0 Å². The lowest BCUT2D eigenvalue weighted by molar-refractivity contribution is -0.147. The molecule has 0 bridgehead atoms. The molecule has 0 aromatic heterocycles. The average Bonchev–Trinajstić information content (AvgIpc) is 3.20. The Morgan fingerprint density at radius 1 is 1.03 bits per heavy atom. The lowest BCUT2D eigenvalue weighted by Crippen LogP contribution is -2.78. The van der Waals surface area contributed by atoms with Gasteiger partial charge in [0.1, 0.15) is 18.0 Å². The molecular weight excluding hydrogens is 506 g/mol. The smallest absolute Gasteiger partial charge is 0.254 e. The predicted octanol–water partition coefficient (Wildman–Crippen LogP) is 2.36. The third kappa shape index (κ3) is 4.92. The number of methoxy groups -OCH3 is 1. The van der Waals surface area contributed by atoms with Crippen LogP contribution in [0.4, 0.5) is 0 Å². The van der Waals surface area contributed by atoms with Crippen molar-refractivity contribution in [3.8, 4) is 5.75 Å². The molecule has 3 heterocycles. The lowest BCUT2D eigenvalue weighted by atomic mass is 9.80. The molecule has 204 valence electrons. The Balaban J connectivity index is 1.25. The second-order valence-electron chi connectivity index (χ2n) is 10.8. The summed E-state index contributed by atoms with van der Waals surface area (Å²) in [6.07, 6.45) is 0.0867. The third-order valence-electron chi connectivity index (χ3n) is 8.02. The highest BCUT2D eigenvalue weighted by atomic mass is 32.2. The summed E-state index contributed by atoms with van der Waals surface area (Å²) in [5.41, 5.74) is 2.81. The minimum Gasteiger partial charge on any atom is -0.486 e. The molecule has 5 rings (SSSR count). The van der Waals surface area contributed by atoms with E-state index >= 15 is 0 Å². The molecule has 2 aromatic carbocycles. The van der Waals surface area contributed by atoms with Crippen LogP contribution in [0.15, 0.2) is 42.5 Å². The van der Waals surface area contributed by atoms with Crippen LogP contribution in [0, 0.1) is 13.8 Å². The van der Waals surface area contributed by atoms with E-state index in [-0.39, 0.29) is 29.8 Å². The lowest BCUT2D eigenvalue weighted by Gasteiger charge is -2.61. The highest BCUT2D eigenvalue weighted by Crippen LogP contribution is 2.42. The fraction of sp³-hybridized carbons (Fsp3) is 0.500. The molecule has 1 spiro atoms. The second kappa shape index (κ2) is 9.98. The minimum absolute atomic E-state index is 0.0275. The summed E-state index contributed by atoms with van der Waals surface area (Å²) in [7, 11) is -1.95. The van der Waals surface area contributed by atoms with Crippen LogP contribution in [-0.4, -0.2) is 91.9 Å². The van der Waals surface area contributed by atoms with Gasteiger partial charge in [0.15, 0.2) is 0 Å². The fourth-order valence-corrected chi connectivity index (χ4v) is 7.64. The average molecular weight is 542 g/mol. The largest absolute Gasteiger partial charge is 0.486 e. The number of nitrogens with zero attached hydrogens (tertiary/aromatic N) is 3. The summed E-state index contributed by atoms with van der Waals surface area (Å²) >= 11 is 0. The van der Waals surface area contributed by atoms with Crippen LogP contribution in [0.25, 0.3) is 0 Å². The molecular formula is C28H35N3O6S. The quantitative estimate of drug-likeness (QED) is 0.534. The van der Waals surface area contributed by atoms with Crippen molar-refractivity contribution in [2.45, 2.75) is 50.7 Å². The predicted molar refractivity (Wildman–Crippen MR) is 142 cm³/mol. The van der Waals surface area contributed by atoms with Gasteiger partial charge in [0.05, 0.1) is 24.4 Å². The van der Waals surface area contributed by atoms with E-state index in [1.807, 2.05) is 32.0 Å². The molecule has 3 aliphatic rings. The van der Waals surface area contributed by atoms with Crippen LogP contribution in [0.3, 0.4) is 0 Å². The molecule has 0 radical (unpaired) electrons. The van der Waals surface area contributed by atoms with E-state index in [0.717, 1.165) is 17.5 Å². The van der Waals surface area contributed by atoms with Gasteiger partial charge in [-0.3, -0.25) is 9.59 Å². The van der Waals surface area contributed by atoms with Crippen molar-refractivity contribution in [1.82, 2.24) is 14.1 Å². The van der Waals surface area contributed by atoms with E-state index < -0.39 is 15.6 Å². The molecule has 2 aromatic rings. The van der Waals surface area contributed by atoms with E-state index in [0.29, 0.717) is 49.6 Å². The topological polar surface area (TPSA) is 96.5 Å². The van der Waals surface area contributed by atoms with Gasteiger partial charge in [-0.25, -0.2) is 8.42 Å². The highest BCUT2D eigenvalue weighted by Gasteiger charge is 2.58. The van der Waals surface area contributed by atoms with Gasteiger partial charge in [-0.1, -0.05) is 29.8 Å². The number of hydrogen-bond acceptors (Lipinski definition) is 6. The van der Waals surface area contributed by atoms with Gasteiger partial charge in [-0.05, 0) is 49.6 Å². The molecule has 9 nitrogen and oxygen atoms in total. The molecule has 0 saturated carbocycles. The summed E-state index contributed by atoms with van der Waals surface area (Å²) in [5, 5.41) is 0. The van der Waals surface area contributed by atoms with Gasteiger partial charge < -0.3 is 19.3 Å². The van der Waals surface area contributed by atoms with E-state index in [4.69, 9.17) is 9.47 Å². The number of carbonyl (C=O) groups excluding carboxylic acids is 2. The molecule has 0 aliphatic carbocycles. The number of aryl methyl sites for hydroxylation is 2. The number of benzene rings is 2. The molecule has 2 atom stereocenters. The summed E-state index contributed by atoms with van der Waals surface area (Å²) in [5.74, 6) is 0.319. The number of carbonyl (C=O) groups is 2. The zero-order valence-electron chi connectivity index (χ0n) is 22.3. The van der Waals surface area contributed by atoms with Crippen LogP contribution < -0.4 is 4.74 Å². The summed E-state index contributed by atoms with van der Waals surface area (Å²) in [6, 6.07) is 12.9. The molecule has 2 amide bonds. The maximum atomic E-state index is 13.2. The summed E-state index contributed by atoms with van der Waals surface area (Å²) in [4.78, 5) is 28.3. The Bertz CT molecular complexity index is 1350. The van der Waals surface area contributed by atoms with Gasteiger partial charge in [-0.2, -0.15) is 4.31 Å². The molecule has 2 unspecified atom stereocenters. The SMILES string of the molecule is COC1CN(C(=O)c2cc(C)ccc2C)CC1Oc1cccc(CS(=O)(=O)N2CCC23CN(C(C)=O)C3)c1. The molecule has 3 fully saturated rings. The first-order chi connectivity index (χ1) is 18.0. The number of likely N-dealkylation sites (tertiary alicyclic amines) is 2. The van der Waals surface area contributed by atoms with Crippen molar-refractivity contribution in [3.63, 3.8) is 0 Å². The maximum Gasteiger partial charge on any atom is 0.254 e. The van der Waals surface area contributed by atoms with Crippen molar-refractivity contribution in [2.75, 3.05) is 39.8 Å². The van der Waals surface area contributed by atoms with E-state index in [1.165, 1.54) is 6.92 Å². The number of sulfonamides is 1. The van der Waals surface area contributed by atoms with Crippen molar-refractivity contribution in [1.29, 1.82) is 0 Å². The van der Waals surface area contributed by atoms with Crippen molar-refractivity contribution >= 4 is 21.8 Å². The first kappa shape index (κ1) is 26.6. The van der Waals surface area contributed by atoms with Gasteiger partial charge in [-0.15, -0.1) is 0 Å². The van der Waals surface area contributed by atoms with Crippen LogP contribution >= 0.6 is 0 Å². The normalized spacial score (nSPS) is 22.7. The van der Waals surface area contributed by atoms with E-state index in [9.17, 15) is 18.0 Å². The third-order valence-corrected chi connectivity index (χ3v) is 9.96. The number of hydrogen-bond donors (Lipinski definition) is 0. The van der Waals surface area contributed by atoms with Crippen LogP contribution in [0.1, 0.15) is 40.4 Å². The second-order valence-corrected chi connectivity index (χ2v) is 12.7. The molecule has 10 heteroatoms. The first-order valence-corrected chi connectivity index (χ1v) is 14.5. The zero-order valence-corrected chi connectivity index (χ0v) is 23.2. The zero-order chi connectivity index (χ0) is 27.2. The monoisotopic (exact) mass is 541 g/mol. The summed E-state index contributed by atoms with van der Waals surface area (Å²) in [6.45, 7) is 7.58. The Hall–Kier alpha value is -2.95. The minimum atomic E-state index is -3.55. The van der Waals surface area contributed by atoms with Crippen LogP contribution in [-0.2, 0) is 25.3 Å². The van der Waals surface area contributed by atoms with Crippen LogP contribution in [0.5, 0.6) is 5.75 Å². The molecule has 0 N–H and O–H groups in total. The van der Waals surface area contributed by atoms with Gasteiger partial charge in [0.25, 0.3) is 5.91 Å². The molecule has 3 aliphatic heterocycles. The summed E-state index contributed by atoms with van der Waals surface area (Å²) < 4.78 is 39.9. The van der Waals surface area contributed by atoms with Crippen molar-refractivity contribution in [3.05, 3.63) is 64.7 Å². The van der Waals surface area contributed by atoms with Crippen molar-refractivity contribution < 1.29 is 27.5 Å². The van der Waals surface area contributed by atoms with E-state index in [1.54, 1.807) is 45.5 Å². The first-order valence-electron chi connectivity index (χ1n) is 12.9. The van der Waals surface area contributed by atoms with Crippen LogP contribution in [0.2, 0.25) is 0 Å². The Labute approximate surface area is 224 Å².